The lowest BCUT2D eigenvalue weighted by molar-refractivity contribution is -0.115. The van der Waals surface area contributed by atoms with Crippen LogP contribution in [0.5, 0.6) is 0 Å². The molecule has 0 radical (unpaired) electrons. The summed E-state index contributed by atoms with van der Waals surface area (Å²) in [5.74, 6) is -0.505. The predicted molar refractivity (Wildman–Crippen MR) is 67.0 cm³/mol. The molecule has 2 aliphatic rings. The third-order valence-corrected chi connectivity index (χ3v) is 3.39. The molecule has 0 saturated heterocycles. The van der Waals surface area contributed by atoms with Gasteiger partial charge >= 0.3 is 5.97 Å². The fourth-order valence-corrected chi connectivity index (χ4v) is 2.33. The highest BCUT2D eigenvalue weighted by atomic mass is 16.4. The highest BCUT2D eigenvalue weighted by molar-refractivity contribution is 6.08. The predicted octanol–water partition coefficient (Wildman–Crippen LogP) is 1.55. The summed E-state index contributed by atoms with van der Waals surface area (Å²) >= 11 is 0. The fraction of sp³-hybridized carbons (Fsp3) is 0.385. The summed E-state index contributed by atoms with van der Waals surface area (Å²) in [5.41, 5.74) is 1.41. The lowest BCUT2D eigenvalue weighted by Gasteiger charge is -2.31. The van der Waals surface area contributed by atoms with E-state index in [9.17, 15) is 9.59 Å². The smallest absolute Gasteiger partial charge is 0.337 e. The summed E-state index contributed by atoms with van der Waals surface area (Å²) in [6.45, 7) is 1.15. The van der Waals surface area contributed by atoms with Crippen molar-refractivity contribution in [3.05, 3.63) is 23.8 Å². The van der Waals surface area contributed by atoms with Gasteiger partial charge < -0.3 is 15.3 Å². The highest BCUT2D eigenvalue weighted by Crippen LogP contribution is 2.37. The number of nitrogens with zero attached hydrogens (tertiary/aromatic N) is 1. The molecular weight excluding hydrogens is 232 g/mol. The van der Waals surface area contributed by atoms with Crippen LogP contribution in [0.25, 0.3) is 0 Å². The molecule has 5 heteroatoms. The first-order valence-corrected chi connectivity index (χ1v) is 6.06. The zero-order chi connectivity index (χ0) is 12.7. The monoisotopic (exact) mass is 246 g/mol. The summed E-state index contributed by atoms with van der Waals surface area (Å²) in [5, 5.41) is 11.8. The molecule has 1 aliphatic heterocycles. The van der Waals surface area contributed by atoms with Gasteiger partial charge in [-0.2, -0.15) is 0 Å². The van der Waals surface area contributed by atoms with Crippen molar-refractivity contribution in [3.63, 3.8) is 0 Å². The number of hydrogen-bond donors (Lipinski definition) is 2. The molecule has 18 heavy (non-hydrogen) atoms. The molecule has 0 spiro atoms. The molecule has 0 unspecified atom stereocenters. The number of amides is 1. The Morgan fingerprint density at radius 3 is 2.89 bits per heavy atom. The Bertz CT molecular complexity index is 523. The van der Waals surface area contributed by atoms with E-state index < -0.39 is 5.97 Å². The van der Waals surface area contributed by atoms with Crippen LogP contribution in [0.1, 0.15) is 23.2 Å². The minimum Gasteiger partial charge on any atom is -0.478 e. The van der Waals surface area contributed by atoms with Crippen LogP contribution in [-0.2, 0) is 4.79 Å². The minimum absolute atomic E-state index is 0.142. The van der Waals surface area contributed by atoms with Crippen LogP contribution >= 0.6 is 0 Å². The van der Waals surface area contributed by atoms with E-state index in [0.717, 1.165) is 12.2 Å². The first-order chi connectivity index (χ1) is 8.65. The summed E-state index contributed by atoms with van der Waals surface area (Å²) in [6.07, 6.45) is 2.40. The van der Waals surface area contributed by atoms with E-state index >= 15 is 0 Å². The van der Waals surface area contributed by atoms with Crippen LogP contribution in [0.4, 0.5) is 11.4 Å². The van der Waals surface area contributed by atoms with Crippen LogP contribution in [-0.4, -0.2) is 30.1 Å². The molecule has 1 aromatic carbocycles. The first kappa shape index (κ1) is 11.1. The normalized spacial score (nSPS) is 18.2. The van der Waals surface area contributed by atoms with E-state index in [1.807, 2.05) is 11.0 Å². The van der Waals surface area contributed by atoms with Crippen molar-refractivity contribution in [2.24, 2.45) is 5.92 Å². The maximum atomic E-state index is 11.7. The number of carbonyl (C=O) groups is 2. The van der Waals surface area contributed by atoms with Crippen molar-refractivity contribution in [1.29, 1.82) is 0 Å². The van der Waals surface area contributed by atoms with E-state index in [1.165, 1.54) is 18.9 Å². The van der Waals surface area contributed by atoms with Crippen LogP contribution in [0, 0.1) is 5.92 Å². The second kappa shape index (κ2) is 4.01. The van der Waals surface area contributed by atoms with Gasteiger partial charge in [-0.3, -0.25) is 4.79 Å². The Hall–Kier alpha value is -2.04. The van der Waals surface area contributed by atoms with Crippen molar-refractivity contribution >= 4 is 23.3 Å². The van der Waals surface area contributed by atoms with Gasteiger partial charge in [-0.05, 0) is 30.9 Å². The van der Waals surface area contributed by atoms with Gasteiger partial charge in [0.15, 0.2) is 0 Å². The van der Waals surface area contributed by atoms with Crippen molar-refractivity contribution in [2.75, 3.05) is 23.3 Å². The molecular formula is C13H14N2O3. The summed E-state index contributed by atoms with van der Waals surface area (Å²) in [4.78, 5) is 24.8. The molecule has 0 aromatic heterocycles. The minimum atomic E-state index is -1.01. The van der Waals surface area contributed by atoms with Crippen LogP contribution in [0.2, 0.25) is 0 Å². The van der Waals surface area contributed by atoms with Gasteiger partial charge in [0.1, 0.15) is 0 Å². The SMILES string of the molecule is O=C1CN(CC2CC2)c2cccc(C(=O)O)c2N1. The van der Waals surface area contributed by atoms with Gasteiger partial charge in [0.05, 0.1) is 23.5 Å². The van der Waals surface area contributed by atoms with E-state index in [4.69, 9.17) is 5.11 Å². The van der Waals surface area contributed by atoms with Gasteiger partial charge in [-0.25, -0.2) is 4.79 Å². The van der Waals surface area contributed by atoms with Crippen molar-refractivity contribution in [2.45, 2.75) is 12.8 Å². The van der Waals surface area contributed by atoms with Gasteiger partial charge in [0, 0.05) is 6.54 Å². The molecule has 3 rings (SSSR count). The Kier molecular flexibility index (Phi) is 2.47. The molecule has 2 N–H and O–H groups in total. The van der Waals surface area contributed by atoms with Crippen LogP contribution < -0.4 is 10.2 Å². The number of para-hydroxylation sites is 1. The van der Waals surface area contributed by atoms with Gasteiger partial charge in [-0.1, -0.05) is 6.07 Å². The van der Waals surface area contributed by atoms with Crippen molar-refractivity contribution < 1.29 is 14.7 Å². The number of carboxylic acid groups (broad SMARTS) is 1. The first-order valence-electron chi connectivity index (χ1n) is 6.06. The molecule has 0 bridgehead atoms. The standard InChI is InChI=1S/C13H14N2O3/c16-11-7-15(6-8-4-5-8)10-3-1-2-9(13(17)18)12(10)14-11/h1-3,8H,4-7H2,(H,14,16)(H,17,18). The average molecular weight is 246 g/mol. The highest BCUT2D eigenvalue weighted by Gasteiger charge is 2.30. The zero-order valence-electron chi connectivity index (χ0n) is 9.85. The molecule has 1 fully saturated rings. The Labute approximate surface area is 104 Å². The molecule has 1 aromatic rings. The Balaban J connectivity index is 2.01. The number of hydrogen-bond acceptors (Lipinski definition) is 3. The maximum absolute atomic E-state index is 11.7. The lowest BCUT2D eigenvalue weighted by Crippen LogP contribution is -2.40. The van der Waals surface area contributed by atoms with Crippen LogP contribution in [0.15, 0.2) is 18.2 Å². The number of aromatic carboxylic acids is 1. The maximum Gasteiger partial charge on any atom is 0.337 e. The fourth-order valence-electron chi connectivity index (χ4n) is 2.33. The molecule has 5 nitrogen and oxygen atoms in total. The Morgan fingerprint density at radius 2 is 2.22 bits per heavy atom. The number of carbonyl (C=O) groups excluding carboxylic acids is 1. The van der Waals surface area contributed by atoms with Gasteiger partial charge in [0.25, 0.3) is 0 Å². The van der Waals surface area contributed by atoms with E-state index in [0.29, 0.717) is 18.2 Å². The molecule has 1 amide bonds. The van der Waals surface area contributed by atoms with E-state index in [2.05, 4.69) is 5.32 Å². The van der Waals surface area contributed by atoms with Crippen LogP contribution in [0.3, 0.4) is 0 Å². The van der Waals surface area contributed by atoms with Gasteiger partial charge in [0.2, 0.25) is 5.91 Å². The van der Waals surface area contributed by atoms with E-state index in [1.54, 1.807) is 6.07 Å². The largest absolute Gasteiger partial charge is 0.478 e. The Morgan fingerprint density at radius 1 is 1.44 bits per heavy atom. The molecule has 94 valence electrons. The number of nitrogens with one attached hydrogen (secondary N) is 1. The third-order valence-electron chi connectivity index (χ3n) is 3.39. The molecule has 1 heterocycles. The summed E-state index contributed by atoms with van der Waals surface area (Å²) < 4.78 is 0. The third kappa shape index (κ3) is 1.92. The number of carboxylic acids is 1. The molecule has 0 atom stereocenters. The van der Waals surface area contributed by atoms with Crippen molar-refractivity contribution in [3.8, 4) is 0 Å². The molecule has 1 saturated carbocycles. The summed E-state index contributed by atoms with van der Waals surface area (Å²) in [7, 11) is 0. The zero-order valence-corrected chi connectivity index (χ0v) is 9.85. The number of benzene rings is 1. The number of anilines is 2. The number of rotatable bonds is 3. The quantitative estimate of drug-likeness (QED) is 0.849. The second-order valence-corrected chi connectivity index (χ2v) is 4.88. The topological polar surface area (TPSA) is 69.6 Å². The average Bonchev–Trinajstić information content (AvgIpc) is 3.11. The second-order valence-electron chi connectivity index (χ2n) is 4.88. The number of fused-ring (bicyclic) bond motifs is 1. The van der Waals surface area contributed by atoms with Crippen molar-refractivity contribution in [1.82, 2.24) is 0 Å². The van der Waals surface area contributed by atoms with E-state index in [-0.39, 0.29) is 11.5 Å². The van der Waals surface area contributed by atoms with Gasteiger partial charge in [-0.15, -0.1) is 0 Å². The molecule has 1 aliphatic carbocycles. The lowest BCUT2D eigenvalue weighted by atomic mass is 10.1. The summed E-state index contributed by atoms with van der Waals surface area (Å²) in [6, 6.07) is 5.10.